The number of carbonyl (C=O) groups excluding carboxylic acids is 4. The van der Waals surface area contributed by atoms with Gasteiger partial charge < -0.3 is 20.3 Å². The minimum atomic E-state index is -0.930. The fourth-order valence-electron chi connectivity index (χ4n) is 3.91. The standard InChI is InChI=1S/C19H24N4O6.C3H7NO/c1-29-15-8-7-13(23(27)28)11-14(15)20-16(24)12-22-17(25)19(21-18(22)26)9-5-3-2-4-6-10-19;1-4(2)3-5/h7-8,11H,2-6,9-10,12H2,1H3,(H,20,24)(H,21,26);3H,1-2H3. The van der Waals surface area contributed by atoms with E-state index >= 15 is 0 Å². The summed E-state index contributed by atoms with van der Waals surface area (Å²) in [5.74, 6) is -0.793. The summed E-state index contributed by atoms with van der Waals surface area (Å²) in [6.45, 7) is -0.474. The minimum absolute atomic E-state index is 0.0967. The predicted molar refractivity (Wildman–Crippen MR) is 123 cm³/mol. The molecule has 3 rings (SSSR count). The number of imide groups is 1. The number of anilines is 1. The lowest BCUT2D eigenvalue weighted by Crippen LogP contribution is -2.47. The molecule has 0 aromatic heterocycles. The first-order valence-corrected chi connectivity index (χ1v) is 11.0. The van der Waals surface area contributed by atoms with Gasteiger partial charge in [-0.2, -0.15) is 0 Å². The Labute approximate surface area is 197 Å². The van der Waals surface area contributed by atoms with Gasteiger partial charge in [-0.1, -0.05) is 32.1 Å². The molecule has 1 aromatic rings. The summed E-state index contributed by atoms with van der Waals surface area (Å²) in [7, 11) is 4.74. The van der Waals surface area contributed by atoms with Gasteiger partial charge in [0.15, 0.2) is 0 Å². The van der Waals surface area contributed by atoms with Crippen molar-refractivity contribution in [2.24, 2.45) is 0 Å². The molecule has 1 saturated heterocycles. The van der Waals surface area contributed by atoms with Gasteiger partial charge in [0, 0.05) is 26.2 Å². The number of nitrogens with zero attached hydrogens (tertiary/aromatic N) is 3. The van der Waals surface area contributed by atoms with Crippen LogP contribution in [0.1, 0.15) is 44.9 Å². The molecule has 1 heterocycles. The van der Waals surface area contributed by atoms with E-state index in [2.05, 4.69) is 10.6 Å². The molecular weight excluding hydrogens is 446 g/mol. The van der Waals surface area contributed by atoms with Crippen molar-refractivity contribution in [1.82, 2.24) is 15.1 Å². The molecule has 1 saturated carbocycles. The van der Waals surface area contributed by atoms with E-state index in [-0.39, 0.29) is 23.0 Å². The highest BCUT2D eigenvalue weighted by atomic mass is 16.6. The van der Waals surface area contributed by atoms with Crippen LogP contribution in [0.25, 0.3) is 0 Å². The lowest BCUT2D eigenvalue weighted by atomic mass is 9.84. The molecule has 12 nitrogen and oxygen atoms in total. The van der Waals surface area contributed by atoms with Gasteiger partial charge in [0.25, 0.3) is 11.6 Å². The van der Waals surface area contributed by atoms with Gasteiger partial charge in [0.05, 0.1) is 17.7 Å². The van der Waals surface area contributed by atoms with Crippen molar-refractivity contribution < 1.29 is 28.8 Å². The van der Waals surface area contributed by atoms with Crippen molar-refractivity contribution in [2.75, 3.05) is 33.1 Å². The number of nitro groups is 1. The first kappa shape index (κ1) is 26.6. The third-order valence-electron chi connectivity index (χ3n) is 5.63. The Kier molecular flexibility index (Phi) is 9.34. The zero-order valence-corrected chi connectivity index (χ0v) is 19.7. The number of ether oxygens (including phenoxy) is 1. The summed E-state index contributed by atoms with van der Waals surface area (Å²) in [5, 5.41) is 16.3. The zero-order chi connectivity index (χ0) is 25.3. The number of amides is 5. The first-order valence-electron chi connectivity index (χ1n) is 11.0. The summed E-state index contributed by atoms with van der Waals surface area (Å²) in [5.41, 5.74) is -1.05. The Morgan fingerprint density at radius 2 is 1.82 bits per heavy atom. The molecule has 2 N–H and O–H groups in total. The van der Waals surface area contributed by atoms with E-state index in [0.717, 1.165) is 43.4 Å². The number of hydrogen-bond acceptors (Lipinski definition) is 7. The van der Waals surface area contributed by atoms with Crippen LogP contribution in [0.5, 0.6) is 5.75 Å². The average molecular weight is 478 g/mol. The summed E-state index contributed by atoms with van der Waals surface area (Å²) in [6, 6.07) is 3.20. The number of rotatable bonds is 6. The van der Waals surface area contributed by atoms with Crippen LogP contribution in [-0.2, 0) is 14.4 Å². The van der Waals surface area contributed by atoms with Crippen LogP contribution in [-0.4, -0.2) is 72.3 Å². The molecule has 0 radical (unpaired) electrons. The Hall–Kier alpha value is -3.70. The third kappa shape index (κ3) is 6.65. The van der Waals surface area contributed by atoms with E-state index in [1.54, 1.807) is 14.1 Å². The van der Waals surface area contributed by atoms with Crippen LogP contribution in [0.3, 0.4) is 0 Å². The SMILES string of the molecule is CN(C)C=O.COc1ccc([N+](=O)[O-])cc1NC(=O)CN1C(=O)NC2(CCCCCCC2)C1=O. The second-order valence-corrected chi connectivity index (χ2v) is 8.43. The van der Waals surface area contributed by atoms with Crippen molar-refractivity contribution in [2.45, 2.75) is 50.5 Å². The molecule has 1 aromatic carbocycles. The largest absolute Gasteiger partial charge is 0.495 e. The van der Waals surface area contributed by atoms with E-state index in [0.29, 0.717) is 12.8 Å². The monoisotopic (exact) mass is 477 g/mol. The zero-order valence-electron chi connectivity index (χ0n) is 19.7. The molecule has 2 fully saturated rings. The van der Waals surface area contributed by atoms with Gasteiger partial charge in [0.1, 0.15) is 17.8 Å². The van der Waals surface area contributed by atoms with Gasteiger partial charge in [0.2, 0.25) is 12.3 Å². The lowest BCUT2D eigenvalue weighted by Gasteiger charge is -2.28. The van der Waals surface area contributed by atoms with Crippen LogP contribution in [0, 0.1) is 10.1 Å². The Bertz CT molecular complexity index is 926. The maximum absolute atomic E-state index is 13.0. The minimum Gasteiger partial charge on any atom is -0.495 e. The van der Waals surface area contributed by atoms with E-state index in [1.165, 1.54) is 30.2 Å². The summed E-state index contributed by atoms with van der Waals surface area (Å²) >= 11 is 0. The average Bonchev–Trinajstić information content (AvgIpc) is 3.01. The molecule has 1 aliphatic heterocycles. The number of benzene rings is 1. The smallest absolute Gasteiger partial charge is 0.325 e. The normalized spacial score (nSPS) is 17.0. The van der Waals surface area contributed by atoms with Gasteiger partial charge >= 0.3 is 6.03 Å². The molecule has 0 unspecified atom stereocenters. The number of urea groups is 1. The molecule has 1 aliphatic carbocycles. The van der Waals surface area contributed by atoms with Crippen molar-refractivity contribution >= 4 is 35.6 Å². The van der Waals surface area contributed by atoms with Crippen LogP contribution in [0.2, 0.25) is 0 Å². The Morgan fingerprint density at radius 3 is 2.35 bits per heavy atom. The molecule has 0 bridgehead atoms. The number of hydrogen-bond donors (Lipinski definition) is 2. The maximum atomic E-state index is 13.0. The van der Waals surface area contributed by atoms with Crippen LogP contribution in [0.15, 0.2) is 18.2 Å². The Balaban J connectivity index is 0.000000739. The maximum Gasteiger partial charge on any atom is 0.325 e. The molecule has 1 spiro atoms. The quantitative estimate of drug-likeness (QED) is 0.276. The predicted octanol–water partition coefficient (Wildman–Crippen LogP) is 2.28. The van der Waals surface area contributed by atoms with E-state index in [9.17, 15) is 29.3 Å². The first-order chi connectivity index (χ1) is 16.1. The van der Waals surface area contributed by atoms with Gasteiger partial charge in [-0.05, 0) is 18.9 Å². The molecule has 186 valence electrons. The molecule has 0 atom stereocenters. The molecular formula is C22H31N5O7. The number of methoxy groups -OCH3 is 1. The van der Waals surface area contributed by atoms with Crippen molar-refractivity contribution in [3.8, 4) is 5.75 Å². The van der Waals surface area contributed by atoms with Crippen LogP contribution >= 0.6 is 0 Å². The van der Waals surface area contributed by atoms with Crippen LogP contribution in [0.4, 0.5) is 16.2 Å². The topological polar surface area (TPSA) is 151 Å². The van der Waals surface area contributed by atoms with Crippen molar-refractivity contribution in [3.05, 3.63) is 28.3 Å². The fraction of sp³-hybridized carbons (Fsp3) is 0.545. The van der Waals surface area contributed by atoms with Crippen molar-refractivity contribution in [3.63, 3.8) is 0 Å². The number of nitro benzene ring substituents is 1. The highest BCUT2D eigenvalue weighted by Gasteiger charge is 2.50. The summed E-state index contributed by atoms with van der Waals surface area (Å²) < 4.78 is 5.11. The summed E-state index contributed by atoms with van der Waals surface area (Å²) in [6.07, 6.45) is 6.71. The molecule has 5 amide bonds. The number of carbonyl (C=O) groups is 4. The highest BCUT2D eigenvalue weighted by Crippen LogP contribution is 2.32. The summed E-state index contributed by atoms with van der Waals surface area (Å²) in [4.78, 5) is 60.0. The molecule has 34 heavy (non-hydrogen) atoms. The van der Waals surface area contributed by atoms with E-state index in [4.69, 9.17) is 4.74 Å². The third-order valence-corrected chi connectivity index (χ3v) is 5.63. The van der Waals surface area contributed by atoms with Gasteiger partial charge in [-0.3, -0.25) is 29.4 Å². The van der Waals surface area contributed by atoms with Crippen molar-refractivity contribution in [1.29, 1.82) is 0 Å². The molecule has 2 aliphatic rings. The lowest BCUT2D eigenvalue weighted by molar-refractivity contribution is -0.384. The van der Waals surface area contributed by atoms with Gasteiger partial charge in [-0.25, -0.2) is 4.79 Å². The van der Waals surface area contributed by atoms with E-state index < -0.39 is 28.9 Å². The second kappa shape index (κ2) is 12.0. The highest BCUT2D eigenvalue weighted by molar-refractivity contribution is 6.10. The second-order valence-electron chi connectivity index (χ2n) is 8.43. The number of non-ortho nitro benzene ring substituents is 1. The van der Waals surface area contributed by atoms with Crippen LogP contribution < -0.4 is 15.4 Å². The fourth-order valence-corrected chi connectivity index (χ4v) is 3.91. The van der Waals surface area contributed by atoms with E-state index in [1.807, 2.05) is 0 Å². The number of nitrogens with one attached hydrogen (secondary N) is 2. The van der Waals surface area contributed by atoms with Gasteiger partial charge in [-0.15, -0.1) is 0 Å². The Morgan fingerprint density at radius 1 is 1.24 bits per heavy atom. The molecule has 12 heteroatoms.